The Hall–Kier alpha value is -4.76. The van der Waals surface area contributed by atoms with Crippen molar-refractivity contribution in [2.45, 2.75) is 13.0 Å². The third kappa shape index (κ3) is 4.07. The molecule has 0 fully saturated rings. The van der Waals surface area contributed by atoms with E-state index in [1.54, 1.807) is 66.4 Å². The maximum absolute atomic E-state index is 14.3. The number of methoxy groups -OCH3 is 1. The molecule has 10 heteroatoms. The molecule has 0 amide bonds. The van der Waals surface area contributed by atoms with Crippen LogP contribution in [0.4, 0.5) is 10.2 Å². The van der Waals surface area contributed by atoms with Gasteiger partial charge in [-0.05, 0) is 55.0 Å². The highest BCUT2D eigenvalue weighted by Crippen LogP contribution is 2.39. The Morgan fingerprint density at radius 2 is 1.90 bits per heavy atom. The van der Waals surface area contributed by atoms with Gasteiger partial charge < -0.3 is 14.9 Å². The Labute approximate surface area is 226 Å². The minimum atomic E-state index is -0.671. The van der Waals surface area contributed by atoms with Crippen LogP contribution in [0.2, 0.25) is 5.02 Å². The predicted octanol–water partition coefficient (Wildman–Crippen LogP) is 6.26. The van der Waals surface area contributed by atoms with Crippen LogP contribution >= 0.6 is 11.6 Å². The highest BCUT2D eigenvalue weighted by Gasteiger charge is 2.27. The zero-order chi connectivity index (χ0) is 27.3. The lowest BCUT2D eigenvalue weighted by molar-refractivity contribution is 0.415. The highest BCUT2D eigenvalue weighted by molar-refractivity contribution is 6.33. The lowest BCUT2D eigenvalue weighted by Crippen LogP contribution is -2.16. The molecule has 3 heterocycles. The summed E-state index contributed by atoms with van der Waals surface area (Å²) >= 11 is 6.57. The molecule has 0 saturated carbocycles. The number of nitrogens with two attached hydrogens (primary N) is 1. The number of anilines is 1. The lowest BCUT2D eigenvalue weighted by Gasteiger charge is -2.17. The number of aromatic nitrogens is 4. The van der Waals surface area contributed by atoms with E-state index < -0.39 is 11.9 Å². The average molecular weight is 542 g/mol. The predicted molar refractivity (Wildman–Crippen MR) is 148 cm³/mol. The first-order chi connectivity index (χ1) is 18.9. The summed E-state index contributed by atoms with van der Waals surface area (Å²) in [4.78, 5) is 22.4. The van der Waals surface area contributed by atoms with Crippen molar-refractivity contribution < 1.29 is 13.5 Å². The van der Waals surface area contributed by atoms with Crippen LogP contribution in [-0.2, 0) is 0 Å². The van der Waals surface area contributed by atoms with Gasteiger partial charge in [0.2, 0.25) is 5.43 Å². The van der Waals surface area contributed by atoms with Crippen LogP contribution in [0, 0.1) is 5.82 Å². The van der Waals surface area contributed by atoms with E-state index in [1.807, 2.05) is 6.92 Å². The average Bonchev–Trinajstić information content (AvgIpc) is 3.33. The van der Waals surface area contributed by atoms with Gasteiger partial charge in [-0.1, -0.05) is 35.9 Å². The fourth-order valence-corrected chi connectivity index (χ4v) is 4.96. The normalized spacial score (nSPS) is 12.2. The standard InChI is InChI=1S/C29H21ClFN5O3/c1-15(27-23(16-6-5-7-17(31)12-16)26(37)19-8-3-4-9-22(19)39-27)36-29-24(28(32)33-14-34-29)25(35-36)20-13-18(38-2)10-11-21(20)30/h3-15H,1-2H3,(H2,32,33,34). The van der Waals surface area contributed by atoms with E-state index >= 15 is 0 Å². The topological polar surface area (TPSA) is 109 Å². The van der Waals surface area contributed by atoms with Crippen LogP contribution in [0.25, 0.3) is 44.4 Å². The second kappa shape index (κ2) is 9.52. The largest absolute Gasteiger partial charge is 0.497 e. The molecule has 0 aliphatic heterocycles. The monoisotopic (exact) mass is 541 g/mol. The van der Waals surface area contributed by atoms with Gasteiger partial charge in [0.25, 0.3) is 0 Å². The molecule has 0 saturated heterocycles. The molecule has 6 aromatic rings. The number of hydrogen-bond donors (Lipinski definition) is 1. The summed E-state index contributed by atoms with van der Waals surface area (Å²) in [7, 11) is 1.55. The fourth-order valence-electron chi connectivity index (χ4n) is 4.75. The van der Waals surface area contributed by atoms with E-state index in [0.29, 0.717) is 49.6 Å². The molecule has 0 aliphatic carbocycles. The van der Waals surface area contributed by atoms with E-state index in [9.17, 15) is 9.18 Å². The van der Waals surface area contributed by atoms with Crippen LogP contribution in [0.15, 0.2) is 82.3 Å². The van der Waals surface area contributed by atoms with Crippen LogP contribution in [0.1, 0.15) is 18.7 Å². The van der Waals surface area contributed by atoms with Gasteiger partial charge in [-0.2, -0.15) is 5.10 Å². The zero-order valence-corrected chi connectivity index (χ0v) is 21.6. The van der Waals surface area contributed by atoms with Crippen molar-refractivity contribution in [3.63, 3.8) is 0 Å². The molecule has 0 spiro atoms. The summed E-state index contributed by atoms with van der Waals surface area (Å²) in [5, 5.41) is 6.14. The Bertz CT molecular complexity index is 1950. The Morgan fingerprint density at radius 1 is 1.08 bits per heavy atom. The molecule has 0 radical (unpaired) electrons. The third-order valence-electron chi connectivity index (χ3n) is 6.63. The third-order valence-corrected chi connectivity index (χ3v) is 6.96. The summed E-state index contributed by atoms with van der Waals surface area (Å²) in [5.41, 5.74) is 8.45. The molecule has 0 bridgehead atoms. The SMILES string of the molecule is COc1ccc(Cl)c(-c2nn(C(C)c3oc4ccccc4c(=O)c3-c3cccc(F)c3)c3ncnc(N)c23)c1. The second-order valence-corrected chi connectivity index (χ2v) is 9.36. The first-order valence-electron chi connectivity index (χ1n) is 12.0. The number of benzene rings is 3. The van der Waals surface area contributed by atoms with Crippen molar-refractivity contribution in [3.8, 4) is 28.1 Å². The molecule has 3 aromatic heterocycles. The van der Waals surface area contributed by atoms with Gasteiger partial charge in [-0.25, -0.2) is 19.0 Å². The number of fused-ring (bicyclic) bond motifs is 2. The minimum absolute atomic E-state index is 0.206. The fraction of sp³-hybridized carbons (Fsp3) is 0.103. The van der Waals surface area contributed by atoms with Crippen molar-refractivity contribution in [2.24, 2.45) is 0 Å². The van der Waals surface area contributed by atoms with Gasteiger partial charge in [0, 0.05) is 5.56 Å². The lowest BCUT2D eigenvalue weighted by atomic mass is 9.99. The summed E-state index contributed by atoms with van der Waals surface area (Å²) in [5.74, 6) is 0.597. The van der Waals surface area contributed by atoms with Crippen molar-refractivity contribution >= 4 is 39.4 Å². The van der Waals surface area contributed by atoms with E-state index in [1.165, 1.54) is 18.5 Å². The molecule has 3 aromatic carbocycles. The van der Waals surface area contributed by atoms with E-state index in [4.69, 9.17) is 31.6 Å². The van der Waals surface area contributed by atoms with Gasteiger partial charge >= 0.3 is 0 Å². The molecule has 194 valence electrons. The number of rotatable bonds is 5. The summed E-state index contributed by atoms with van der Waals surface area (Å²) in [6.45, 7) is 1.82. The Kier molecular flexibility index (Phi) is 6.00. The van der Waals surface area contributed by atoms with Gasteiger partial charge in [0.1, 0.15) is 46.8 Å². The molecule has 8 nitrogen and oxygen atoms in total. The number of nitrogen functional groups attached to an aromatic ring is 1. The van der Waals surface area contributed by atoms with Crippen LogP contribution in [-0.4, -0.2) is 26.9 Å². The Morgan fingerprint density at radius 3 is 2.69 bits per heavy atom. The molecule has 1 unspecified atom stereocenters. The second-order valence-electron chi connectivity index (χ2n) is 8.95. The van der Waals surface area contributed by atoms with Crippen molar-refractivity contribution in [3.05, 3.63) is 99.9 Å². The van der Waals surface area contributed by atoms with E-state index in [2.05, 4.69) is 9.97 Å². The van der Waals surface area contributed by atoms with Crippen LogP contribution in [0.3, 0.4) is 0 Å². The number of nitrogens with zero attached hydrogens (tertiary/aromatic N) is 4. The summed E-state index contributed by atoms with van der Waals surface area (Å²) in [6.07, 6.45) is 1.34. The summed E-state index contributed by atoms with van der Waals surface area (Å²) < 4.78 is 27.6. The van der Waals surface area contributed by atoms with Gasteiger partial charge in [0.15, 0.2) is 5.65 Å². The molecule has 1 atom stereocenters. The van der Waals surface area contributed by atoms with E-state index in [-0.39, 0.29) is 22.6 Å². The molecular weight excluding hydrogens is 521 g/mol. The first-order valence-corrected chi connectivity index (χ1v) is 12.4. The first kappa shape index (κ1) is 24.6. The molecular formula is C29H21ClFN5O3. The Balaban J connectivity index is 1.65. The van der Waals surface area contributed by atoms with Gasteiger partial charge in [-0.15, -0.1) is 0 Å². The van der Waals surface area contributed by atoms with Crippen molar-refractivity contribution in [1.82, 2.24) is 19.7 Å². The quantitative estimate of drug-likeness (QED) is 0.274. The number of ether oxygens (including phenoxy) is 1. The van der Waals surface area contributed by atoms with Gasteiger partial charge in [-0.3, -0.25) is 4.79 Å². The maximum Gasteiger partial charge on any atom is 0.200 e. The maximum atomic E-state index is 14.3. The zero-order valence-electron chi connectivity index (χ0n) is 20.9. The molecule has 0 aliphatic rings. The molecule has 2 N–H and O–H groups in total. The smallest absolute Gasteiger partial charge is 0.200 e. The van der Waals surface area contributed by atoms with Crippen molar-refractivity contribution in [1.29, 1.82) is 0 Å². The van der Waals surface area contributed by atoms with Crippen LogP contribution in [0.5, 0.6) is 5.75 Å². The molecule has 6 rings (SSSR count). The minimum Gasteiger partial charge on any atom is -0.497 e. The van der Waals surface area contributed by atoms with Crippen molar-refractivity contribution in [2.75, 3.05) is 12.8 Å². The highest BCUT2D eigenvalue weighted by atomic mass is 35.5. The van der Waals surface area contributed by atoms with E-state index in [0.717, 1.165) is 0 Å². The number of hydrogen-bond acceptors (Lipinski definition) is 7. The number of halogens is 2. The van der Waals surface area contributed by atoms with Crippen LogP contribution < -0.4 is 15.9 Å². The summed E-state index contributed by atoms with van der Waals surface area (Å²) in [6, 6.07) is 17.3. The number of para-hydroxylation sites is 1. The molecule has 39 heavy (non-hydrogen) atoms. The van der Waals surface area contributed by atoms with Gasteiger partial charge in [0.05, 0.1) is 28.5 Å².